The van der Waals surface area contributed by atoms with Crippen LogP contribution in [0, 0.1) is 12.7 Å². The standard InChI is InChI=1S/C24H23FN2O2S/c1-17-7-13-20(14-8-17)26-23(28)16-30-22-6-4-3-5-21(22)24(29)27(2)15-18-9-11-19(25)12-10-18/h3-14H,15-16H2,1-2H3,(H,26,28). The lowest BCUT2D eigenvalue weighted by molar-refractivity contribution is -0.113. The molecule has 0 aliphatic heterocycles. The quantitative estimate of drug-likeness (QED) is 0.537. The van der Waals surface area contributed by atoms with E-state index < -0.39 is 0 Å². The fraction of sp³-hybridized carbons (Fsp3) is 0.167. The van der Waals surface area contributed by atoms with Crippen molar-refractivity contribution in [3.63, 3.8) is 0 Å². The molecule has 1 N–H and O–H groups in total. The van der Waals surface area contributed by atoms with Crippen LogP contribution < -0.4 is 5.32 Å². The highest BCUT2D eigenvalue weighted by atomic mass is 32.2. The third kappa shape index (κ3) is 5.94. The summed E-state index contributed by atoms with van der Waals surface area (Å²) in [6, 6.07) is 20.9. The zero-order valence-corrected chi connectivity index (χ0v) is 17.7. The van der Waals surface area contributed by atoms with E-state index in [1.807, 2.05) is 43.3 Å². The molecule has 0 heterocycles. The van der Waals surface area contributed by atoms with Crippen LogP contribution in [0.5, 0.6) is 0 Å². The molecule has 0 aliphatic carbocycles. The number of hydrogen-bond donors (Lipinski definition) is 1. The summed E-state index contributed by atoms with van der Waals surface area (Å²) in [5, 5.41) is 2.86. The number of halogens is 1. The number of rotatable bonds is 7. The smallest absolute Gasteiger partial charge is 0.255 e. The molecule has 0 unspecified atom stereocenters. The number of nitrogens with one attached hydrogen (secondary N) is 1. The minimum absolute atomic E-state index is 0.134. The van der Waals surface area contributed by atoms with Crippen LogP contribution in [-0.2, 0) is 11.3 Å². The number of hydrogen-bond acceptors (Lipinski definition) is 3. The molecule has 4 nitrogen and oxygen atoms in total. The van der Waals surface area contributed by atoms with Gasteiger partial charge in [-0.2, -0.15) is 0 Å². The minimum Gasteiger partial charge on any atom is -0.337 e. The number of carbonyl (C=O) groups excluding carboxylic acids is 2. The van der Waals surface area contributed by atoms with E-state index in [0.717, 1.165) is 21.7 Å². The number of amides is 2. The maximum Gasteiger partial charge on any atom is 0.255 e. The van der Waals surface area contributed by atoms with Gasteiger partial charge in [-0.3, -0.25) is 9.59 Å². The van der Waals surface area contributed by atoms with Crippen molar-refractivity contribution in [2.75, 3.05) is 18.1 Å². The highest BCUT2D eigenvalue weighted by Gasteiger charge is 2.17. The van der Waals surface area contributed by atoms with Crippen LogP contribution in [0.25, 0.3) is 0 Å². The summed E-state index contributed by atoms with van der Waals surface area (Å²) >= 11 is 1.32. The molecular formula is C24H23FN2O2S. The van der Waals surface area contributed by atoms with Crippen LogP contribution >= 0.6 is 11.8 Å². The van der Waals surface area contributed by atoms with Gasteiger partial charge in [0.1, 0.15) is 5.82 Å². The lowest BCUT2D eigenvalue weighted by Gasteiger charge is -2.19. The third-order valence-corrected chi connectivity index (χ3v) is 5.56. The van der Waals surface area contributed by atoms with Crippen molar-refractivity contribution in [3.05, 3.63) is 95.3 Å². The molecule has 0 spiro atoms. The van der Waals surface area contributed by atoms with E-state index in [2.05, 4.69) is 5.32 Å². The van der Waals surface area contributed by atoms with Gasteiger partial charge >= 0.3 is 0 Å². The summed E-state index contributed by atoms with van der Waals surface area (Å²) in [7, 11) is 1.71. The normalized spacial score (nSPS) is 10.5. The second-order valence-corrected chi connectivity index (χ2v) is 8.00. The number of anilines is 1. The molecule has 0 fully saturated rings. The highest BCUT2D eigenvalue weighted by Crippen LogP contribution is 2.24. The molecular weight excluding hydrogens is 399 g/mol. The number of benzene rings is 3. The first-order chi connectivity index (χ1) is 14.4. The van der Waals surface area contributed by atoms with Crippen LogP contribution in [0.2, 0.25) is 0 Å². The van der Waals surface area contributed by atoms with Gasteiger partial charge in [-0.15, -0.1) is 11.8 Å². The maximum absolute atomic E-state index is 13.1. The average molecular weight is 423 g/mol. The predicted octanol–water partition coefficient (Wildman–Crippen LogP) is 5.14. The van der Waals surface area contributed by atoms with Crippen molar-refractivity contribution in [3.8, 4) is 0 Å². The van der Waals surface area contributed by atoms with Gasteiger partial charge in [0, 0.05) is 24.2 Å². The maximum atomic E-state index is 13.1. The van der Waals surface area contributed by atoms with Gasteiger partial charge in [-0.05, 0) is 48.9 Å². The van der Waals surface area contributed by atoms with Crippen molar-refractivity contribution in [2.45, 2.75) is 18.4 Å². The van der Waals surface area contributed by atoms with Gasteiger partial charge in [-0.1, -0.05) is 42.0 Å². The number of nitrogens with zero attached hydrogens (tertiary/aromatic N) is 1. The average Bonchev–Trinajstić information content (AvgIpc) is 2.75. The molecule has 30 heavy (non-hydrogen) atoms. The number of thioether (sulfide) groups is 1. The van der Waals surface area contributed by atoms with Gasteiger partial charge in [0.2, 0.25) is 5.91 Å². The summed E-state index contributed by atoms with van der Waals surface area (Å²) in [4.78, 5) is 27.6. The molecule has 154 valence electrons. The van der Waals surface area contributed by atoms with E-state index in [1.54, 1.807) is 36.2 Å². The molecule has 0 aromatic heterocycles. The fourth-order valence-electron chi connectivity index (χ4n) is 2.89. The molecule has 3 aromatic rings. The minimum atomic E-state index is -0.307. The topological polar surface area (TPSA) is 49.4 Å². The van der Waals surface area contributed by atoms with Crippen molar-refractivity contribution < 1.29 is 14.0 Å². The Morgan fingerprint density at radius 2 is 1.63 bits per heavy atom. The van der Waals surface area contributed by atoms with Gasteiger partial charge < -0.3 is 10.2 Å². The first-order valence-corrected chi connectivity index (χ1v) is 10.5. The van der Waals surface area contributed by atoms with E-state index in [4.69, 9.17) is 0 Å². The Morgan fingerprint density at radius 3 is 2.33 bits per heavy atom. The highest BCUT2D eigenvalue weighted by molar-refractivity contribution is 8.00. The first-order valence-electron chi connectivity index (χ1n) is 9.50. The van der Waals surface area contributed by atoms with E-state index >= 15 is 0 Å². The Bertz CT molecular complexity index is 1020. The lowest BCUT2D eigenvalue weighted by Crippen LogP contribution is -2.26. The third-order valence-electron chi connectivity index (χ3n) is 4.49. The van der Waals surface area contributed by atoms with Crippen LogP contribution in [0.4, 0.5) is 10.1 Å². The van der Waals surface area contributed by atoms with Gasteiger partial charge in [0.15, 0.2) is 0 Å². The summed E-state index contributed by atoms with van der Waals surface area (Å²) in [6.45, 7) is 2.36. The fourth-order valence-corrected chi connectivity index (χ4v) is 3.73. The summed E-state index contributed by atoms with van der Waals surface area (Å²) in [5.74, 6) is -0.398. The Morgan fingerprint density at radius 1 is 0.967 bits per heavy atom. The number of carbonyl (C=O) groups is 2. The molecule has 0 aliphatic rings. The van der Waals surface area contributed by atoms with Crippen LogP contribution in [0.3, 0.4) is 0 Å². The van der Waals surface area contributed by atoms with Crippen molar-refractivity contribution >= 4 is 29.3 Å². The molecule has 6 heteroatoms. The molecule has 0 atom stereocenters. The lowest BCUT2D eigenvalue weighted by atomic mass is 10.1. The molecule has 3 rings (SSSR count). The molecule has 2 amide bonds. The van der Waals surface area contributed by atoms with E-state index in [1.165, 1.54) is 23.9 Å². The van der Waals surface area contributed by atoms with E-state index in [0.29, 0.717) is 12.1 Å². The zero-order valence-electron chi connectivity index (χ0n) is 16.9. The molecule has 3 aromatic carbocycles. The van der Waals surface area contributed by atoms with Crippen LogP contribution in [-0.4, -0.2) is 29.5 Å². The van der Waals surface area contributed by atoms with Crippen molar-refractivity contribution in [1.29, 1.82) is 0 Å². The SMILES string of the molecule is Cc1ccc(NC(=O)CSc2ccccc2C(=O)N(C)Cc2ccc(F)cc2)cc1. The van der Waals surface area contributed by atoms with Crippen LogP contribution in [0.1, 0.15) is 21.5 Å². The Hall–Kier alpha value is -3.12. The molecule has 0 saturated carbocycles. The Kier molecular flexibility index (Phi) is 7.25. The summed E-state index contributed by atoms with van der Waals surface area (Å²) < 4.78 is 13.1. The van der Waals surface area contributed by atoms with Gasteiger partial charge in [-0.25, -0.2) is 4.39 Å². The first kappa shape index (κ1) is 21.6. The van der Waals surface area contributed by atoms with Crippen molar-refractivity contribution in [2.24, 2.45) is 0 Å². The predicted molar refractivity (Wildman–Crippen MR) is 119 cm³/mol. The van der Waals surface area contributed by atoms with Crippen molar-refractivity contribution in [1.82, 2.24) is 4.90 Å². The second kappa shape index (κ2) is 10.1. The Labute approximate surface area is 180 Å². The van der Waals surface area contributed by atoms with E-state index in [-0.39, 0.29) is 23.4 Å². The Balaban J connectivity index is 1.62. The van der Waals surface area contributed by atoms with Gasteiger partial charge in [0.05, 0.1) is 11.3 Å². The summed E-state index contributed by atoms with van der Waals surface area (Å²) in [5.41, 5.74) is 3.25. The largest absolute Gasteiger partial charge is 0.337 e. The molecule has 0 bridgehead atoms. The van der Waals surface area contributed by atoms with Crippen LogP contribution in [0.15, 0.2) is 77.7 Å². The second-order valence-electron chi connectivity index (χ2n) is 6.99. The van der Waals surface area contributed by atoms with Gasteiger partial charge in [0.25, 0.3) is 5.91 Å². The zero-order chi connectivity index (χ0) is 21.5. The molecule has 0 saturated heterocycles. The summed E-state index contributed by atoms with van der Waals surface area (Å²) in [6.07, 6.45) is 0. The molecule has 0 radical (unpaired) electrons. The monoisotopic (exact) mass is 422 g/mol. The number of aryl methyl sites for hydroxylation is 1. The van der Waals surface area contributed by atoms with E-state index in [9.17, 15) is 14.0 Å².